The summed E-state index contributed by atoms with van der Waals surface area (Å²) in [5.41, 5.74) is 3.09. The first-order valence-corrected chi connectivity index (χ1v) is 11.3. The number of methoxy groups -OCH3 is 1. The lowest BCUT2D eigenvalue weighted by atomic mass is 9.92. The van der Waals surface area contributed by atoms with Crippen LogP contribution in [0.2, 0.25) is 0 Å². The molecule has 2 aliphatic heterocycles. The van der Waals surface area contributed by atoms with Crippen LogP contribution >= 0.6 is 0 Å². The molecule has 2 saturated heterocycles. The molecular formula is C25H30N4O4. The van der Waals surface area contributed by atoms with Crippen LogP contribution in [0.1, 0.15) is 49.8 Å². The van der Waals surface area contributed by atoms with Gasteiger partial charge in [0.25, 0.3) is 11.8 Å². The summed E-state index contributed by atoms with van der Waals surface area (Å²) in [6, 6.07) is 16.4. The molecule has 2 atom stereocenters. The van der Waals surface area contributed by atoms with E-state index in [0.29, 0.717) is 5.56 Å². The summed E-state index contributed by atoms with van der Waals surface area (Å²) in [5.74, 6) is -0.109. The lowest BCUT2D eigenvalue weighted by Crippen LogP contribution is -2.51. The maximum Gasteiger partial charge on any atom is 0.344 e. The van der Waals surface area contributed by atoms with E-state index in [2.05, 4.69) is 15.6 Å². The molecule has 0 aliphatic carbocycles. The van der Waals surface area contributed by atoms with Crippen LogP contribution in [0.25, 0.3) is 0 Å². The SMILES string of the molecule is COc1ccc([C@H]2CCCCCN2CC(=O)NN2C(=O)N[C@](C)(c3ccccc3)C2=O)cc1. The van der Waals surface area contributed by atoms with E-state index in [1.165, 1.54) is 0 Å². The van der Waals surface area contributed by atoms with Gasteiger partial charge in [0.2, 0.25) is 0 Å². The molecule has 0 unspecified atom stereocenters. The van der Waals surface area contributed by atoms with Gasteiger partial charge in [0.1, 0.15) is 11.3 Å². The molecule has 0 spiro atoms. The van der Waals surface area contributed by atoms with Gasteiger partial charge in [-0.3, -0.25) is 19.9 Å². The average Bonchev–Trinajstić information content (AvgIpc) is 2.98. The first-order valence-electron chi connectivity index (χ1n) is 11.3. The minimum Gasteiger partial charge on any atom is -0.497 e. The summed E-state index contributed by atoms with van der Waals surface area (Å²) in [5, 5.41) is 3.51. The minimum atomic E-state index is -1.22. The van der Waals surface area contributed by atoms with Gasteiger partial charge in [-0.1, -0.05) is 55.3 Å². The van der Waals surface area contributed by atoms with Crippen LogP contribution in [0.5, 0.6) is 5.75 Å². The zero-order valence-corrected chi connectivity index (χ0v) is 19.0. The predicted molar refractivity (Wildman–Crippen MR) is 123 cm³/mol. The Morgan fingerprint density at radius 2 is 1.82 bits per heavy atom. The van der Waals surface area contributed by atoms with Crippen molar-refractivity contribution in [1.29, 1.82) is 0 Å². The monoisotopic (exact) mass is 450 g/mol. The van der Waals surface area contributed by atoms with Crippen molar-refractivity contribution in [1.82, 2.24) is 20.7 Å². The topological polar surface area (TPSA) is 91.0 Å². The maximum atomic E-state index is 13.1. The Hall–Kier alpha value is -3.39. The summed E-state index contributed by atoms with van der Waals surface area (Å²) in [6.45, 7) is 2.50. The number of hydrazine groups is 1. The highest BCUT2D eigenvalue weighted by atomic mass is 16.5. The number of imide groups is 1. The van der Waals surface area contributed by atoms with Crippen molar-refractivity contribution in [3.05, 3.63) is 65.7 Å². The standard InChI is InChI=1S/C25H30N4O4/c1-25(19-9-5-3-6-10-19)23(31)29(24(32)26-25)27-22(30)17-28-16-8-4-7-11-21(28)18-12-14-20(33-2)15-13-18/h3,5-6,9-10,12-15,21H,4,7-8,11,16-17H2,1-2H3,(H,26,32)(H,27,30)/t21-,25-/m1/s1. The van der Waals surface area contributed by atoms with E-state index < -0.39 is 23.4 Å². The van der Waals surface area contributed by atoms with Gasteiger partial charge < -0.3 is 10.1 Å². The number of carbonyl (C=O) groups is 3. The number of carbonyl (C=O) groups excluding carboxylic acids is 3. The highest BCUT2D eigenvalue weighted by Gasteiger charge is 2.50. The fourth-order valence-electron chi connectivity index (χ4n) is 4.61. The molecule has 0 saturated carbocycles. The molecule has 4 rings (SSSR count). The molecule has 0 aromatic heterocycles. The summed E-state index contributed by atoms with van der Waals surface area (Å²) in [7, 11) is 1.63. The van der Waals surface area contributed by atoms with Gasteiger partial charge in [-0.15, -0.1) is 0 Å². The van der Waals surface area contributed by atoms with Gasteiger partial charge in [0.15, 0.2) is 0 Å². The minimum absolute atomic E-state index is 0.0850. The number of nitrogens with one attached hydrogen (secondary N) is 2. The van der Waals surface area contributed by atoms with E-state index in [1.807, 2.05) is 30.3 Å². The molecule has 174 valence electrons. The zero-order chi connectivity index (χ0) is 23.4. The van der Waals surface area contributed by atoms with Crippen molar-refractivity contribution in [2.75, 3.05) is 20.2 Å². The van der Waals surface area contributed by atoms with Crippen LogP contribution in [0.3, 0.4) is 0 Å². The van der Waals surface area contributed by atoms with Crippen LogP contribution in [0.15, 0.2) is 54.6 Å². The largest absolute Gasteiger partial charge is 0.497 e. The normalized spacial score (nSPS) is 23.7. The van der Waals surface area contributed by atoms with Crippen molar-refractivity contribution in [2.24, 2.45) is 0 Å². The Bertz CT molecular complexity index is 1010. The van der Waals surface area contributed by atoms with E-state index in [0.717, 1.165) is 48.5 Å². The Morgan fingerprint density at radius 3 is 2.52 bits per heavy atom. The molecule has 0 radical (unpaired) electrons. The average molecular weight is 451 g/mol. The number of hydrogen-bond donors (Lipinski definition) is 2. The van der Waals surface area contributed by atoms with E-state index in [4.69, 9.17) is 4.74 Å². The zero-order valence-electron chi connectivity index (χ0n) is 19.0. The number of urea groups is 1. The molecule has 2 aliphatic rings. The smallest absolute Gasteiger partial charge is 0.344 e. The van der Waals surface area contributed by atoms with Crippen LogP contribution < -0.4 is 15.5 Å². The van der Waals surface area contributed by atoms with Crippen LogP contribution in [0.4, 0.5) is 4.79 Å². The third kappa shape index (κ3) is 4.71. The maximum absolute atomic E-state index is 13.1. The van der Waals surface area contributed by atoms with Gasteiger partial charge in [-0.25, -0.2) is 4.79 Å². The molecule has 2 aromatic rings. The van der Waals surface area contributed by atoms with E-state index in [-0.39, 0.29) is 12.6 Å². The van der Waals surface area contributed by atoms with Crippen molar-refractivity contribution >= 4 is 17.8 Å². The van der Waals surface area contributed by atoms with Crippen molar-refractivity contribution in [2.45, 2.75) is 44.2 Å². The molecular weight excluding hydrogens is 420 g/mol. The second-order valence-electron chi connectivity index (χ2n) is 8.71. The van der Waals surface area contributed by atoms with Crippen molar-refractivity contribution < 1.29 is 19.1 Å². The molecule has 8 nitrogen and oxygen atoms in total. The summed E-state index contributed by atoms with van der Waals surface area (Å²) < 4.78 is 5.26. The van der Waals surface area contributed by atoms with E-state index in [1.54, 1.807) is 38.3 Å². The lowest BCUT2D eigenvalue weighted by Gasteiger charge is -2.30. The molecule has 33 heavy (non-hydrogen) atoms. The number of hydrogen-bond acceptors (Lipinski definition) is 5. The molecule has 2 fully saturated rings. The quantitative estimate of drug-likeness (QED) is 0.660. The molecule has 2 heterocycles. The first-order chi connectivity index (χ1) is 15.9. The number of nitrogens with zero attached hydrogens (tertiary/aromatic N) is 2. The summed E-state index contributed by atoms with van der Waals surface area (Å²) >= 11 is 0. The van der Waals surface area contributed by atoms with Crippen molar-refractivity contribution in [3.63, 3.8) is 0 Å². The van der Waals surface area contributed by atoms with Crippen LogP contribution in [-0.2, 0) is 15.1 Å². The van der Waals surface area contributed by atoms with Gasteiger partial charge >= 0.3 is 6.03 Å². The fourth-order valence-corrected chi connectivity index (χ4v) is 4.61. The number of amides is 4. The molecule has 4 amide bonds. The Kier molecular flexibility index (Phi) is 6.65. The second kappa shape index (κ2) is 9.62. The van der Waals surface area contributed by atoms with Gasteiger partial charge in [0.05, 0.1) is 13.7 Å². The molecule has 0 bridgehead atoms. The van der Waals surface area contributed by atoms with Gasteiger partial charge in [-0.2, -0.15) is 5.01 Å². The molecule has 2 N–H and O–H groups in total. The second-order valence-corrected chi connectivity index (χ2v) is 8.71. The number of ether oxygens (including phenoxy) is 1. The Labute approximate surface area is 193 Å². The van der Waals surface area contributed by atoms with Crippen LogP contribution in [0, 0.1) is 0 Å². The highest BCUT2D eigenvalue weighted by Crippen LogP contribution is 2.31. The fraction of sp³-hybridized carbons (Fsp3) is 0.400. The predicted octanol–water partition coefficient (Wildman–Crippen LogP) is 3.11. The van der Waals surface area contributed by atoms with Gasteiger partial charge in [0, 0.05) is 6.04 Å². The highest BCUT2D eigenvalue weighted by molar-refractivity contribution is 6.08. The number of benzene rings is 2. The van der Waals surface area contributed by atoms with Gasteiger partial charge in [-0.05, 0) is 49.6 Å². The van der Waals surface area contributed by atoms with Crippen LogP contribution in [-0.4, -0.2) is 48.0 Å². The van der Waals surface area contributed by atoms with E-state index >= 15 is 0 Å². The van der Waals surface area contributed by atoms with Crippen molar-refractivity contribution in [3.8, 4) is 5.75 Å². The summed E-state index contributed by atoms with van der Waals surface area (Å²) in [6.07, 6.45) is 4.12. The summed E-state index contributed by atoms with van der Waals surface area (Å²) in [4.78, 5) is 40.7. The third-order valence-electron chi connectivity index (χ3n) is 6.49. The lowest BCUT2D eigenvalue weighted by molar-refractivity contribution is -0.139. The number of likely N-dealkylation sites (tertiary alicyclic amines) is 1. The third-order valence-corrected chi connectivity index (χ3v) is 6.49. The number of rotatable bonds is 6. The molecule has 8 heteroatoms. The molecule has 2 aromatic carbocycles. The Morgan fingerprint density at radius 1 is 1.09 bits per heavy atom. The Balaban J connectivity index is 1.46. The van der Waals surface area contributed by atoms with E-state index in [9.17, 15) is 14.4 Å². The first kappa shape index (κ1) is 22.8.